The SMILES string of the molecule is CCNC(=NCC1(SC)CCOCC1)N1CCC(Cc2cnn(C)c2)C1. The topological polar surface area (TPSA) is 54.7 Å². The van der Waals surface area contributed by atoms with Crippen LogP contribution in [-0.2, 0) is 18.2 Å². The standard InChI is InChI=1S/C19H33N5OS/c1-4-20-18(21-15-19(26-3)6-9-25-10-7-19)24-8-5-16(14-24)11-17-12-22-23(2)13-17/h12-13,16H,4-11,14-15H2,1-3H3,(H,20,21). The molecule has 146 valence electrons. The predicted molar refractivity (Wildman–Crippen MR) is 109 cm³/mol. The number of likely N-dealkylation sites (tertiary alicyclic amines) is 1. The maximum atomic E-state index is 5.56. The number of ether oxygens (including phenoxy) is 1. The summed E-state index contributed by atoms with van der Waals surface area (Å²) in [6.07, 6.45) is 10.9. The molecule has 3 heterocycles. The average molecular weight is 380 g/mol. The molecule has 0 radical (unpaired) electrons. The van der Waals surface area contributed by atoms with E-state index in [-0.39, 0.29) is 4.75 Å². The highest BCUT2D eigenvalue weighted by Gasteiger charge is 2.32. The van der Waals surface area contributed by atoms with Crippen LogP contribution in [0.1, 0.15) is 31.7 Å². The van der Waals surface area contributed by atoms with Gasteiger partial charge in [0.25, 0.3) is 0 Å². The van der Waals surface area contributed by atoms with Gasteiger partial charge in [0.15, 0.2) is 5.96 Å². The van der Waals surface area contributed by atoms with Crippen LogP contribution in [-0.4, -0.2) is 71.0 Å². The quantitative estimate of drug-likeness (QED) is 0.606. The maximum Gasteiger partial charge on any atom is 0.193 e. The van der Waals surface area contributed by atoms with Crippen molar-refractivity contribution >= 4 is 17.7 Å². The molecule has 0 amide bonds. The van der Waals surface area contributed by atoms with Gasteiger partial charge in [-0.25, -0.2) is 0 Å². The smallest absolute Gasteiger partial charge is 0.193 e. The molecule has 1 atom stereocenters. The number of nitrogens with zero attached hydrogens (tertiary/aromatic N) is 4. The molecule has 0 aliphatic carbocycles. The molecule has 2 aliphatic rings. The largest absolute Gasteiger partial charge is 0.381 e. The zero-order valence-corrected chi connectivity index (χ0v) is 17.2. The number of guanidine groups is 1. The molecule has 3 rings (SSSR count). The third-order valence-electron chi connectivity index (χ3n) is 5.56. The van der Waals surface area contributed by atoms with E-state index in [1.165, 1.54) is 12.0 Å². The molecule has 1 unspecified atom stereocenters. The molecule has 0 saturated carbocycles. The molecule has 1 N–H and O–H groups in total. The Labute approximate surface area is 161 Å². The monoisotopic (exact) mass is 379 g/mol. The lowest BCUT2D eigenvalue weighted by molar-refractivity contribution is 0.0793. The zero-order chi connectivity index (χ0) is 18.4. The first kappa shape index (κ1) is 19.5. The van der Waals surface area contributed by atoms with Crippen LogP contribution in [0.2, 0.25) is 0 Å². The van der Waals surface area contributed by atoms with E-state index in [2.05, 4.69) is 34.7 Å². The summed E-state index contributed by atoms with van der Waals surface area (Å²) in [6, 6.07) is 0. The lowest BCUT2D eigenvalue weighted by Crippen LogP contribution is -2.42. The van der Waals surface area contributed by atoms with Crippen LogP contribution in [0.3, 0.4) is 0 Å². The summed E-state index contributed by atoms with van der Waals surface area (Å²) in [5.41, 5.74) is 1.34. The zero-order valence-electron chi connectivity index (χ0n) is 16.4. The molecule has 26 heavy (non-hydrogen) atoms. The minimum absolute atomic E-state index is 0.244. The number of thioether (sulfide) groups is 1. The number of nitrogens with one attached hydrogen (secondary N) is 1. The molecular weight excluding hydrogens is 346 g/mol. The van der Waals surface area contributed by atoms with Crippen molar-refractivity contribution in [1.29, 1.82) is 0 Å². The number of hydrogen-bond donors (Lipinski definition) is 1. The van der Waals surface area contributed by atoms with E-state index in [9.17, 15) is 0 Å². The van der Waals surface area contributed by atoms with Crippen LogP contribution in [0.4, 0.5) is 0 Å². The van der Waals surface area contributed by atoms with Crippen LogP contribution in [0, 0.1) is 5.92 Å². The van der Waals surface area contributed by atoms with Gasteiger partial charge in [-0.15, -0.1) is 0 Å². The third-order valence-corrected chi connectivity index (χ3v) is 6.96. The van der Waals surface area contributed by atoms with Gasteiger partial charge in [0.05, 0.1) is 12.7 Å². The van der Waals surface area contributed by atoms with Crippen LogP contribution in [0.15, 0.2) is 17.4 Å². The van der Waals surface area contributed by atoms with Gasteiger partial charge in [0.1, 0.15) is 0 Å². The Hall–Kier alpha value is -1.21. The van der Waals surface area contributed by atoms with E-state index in [1.54, 1.807) is 0 Å². The molecule has 2 saturated heterocycles. The normalized spacial score (nSPS) is 23.4. The van der Waals surface area contributed by atoms with Gasteiger partial charge in [-0.2, -0.15) is 16.9 Å². The summed E-state index contributed by atoms with van der Waals surface area (Å²) < 4.78 is 7.69. The second-order valence-electron chi connectivity index (χ2n) is 7.50. The molecule has 7 heteroatoms. The summed E-state index contributed by atoms with van der Waals surface area (Å²) in [5.74, 6) is 1.77. The highest BCUT2D eigenvalue weighted by atomic mass is 32.2. The Bertz CT molecular complexity index is 597. The summed E-state index contributed by atoms with van der Waals surface area (Å²) >= 11 is 1.96. The van der Waals surface area contributed by atoms with E-state index in [4.69, 9.17) is 9.73 Å². The van der Waals surface area contributed by atoms with Gasteiger partial charge in [-0.05, 0) is 50.3 Å². The number of rotatable bonds is 6. The molecule has 0 spiro atoms. The minimum atomic E-state index is 0.244. The Morgan fingerprint density at radius 2 is 2.27 bits per heavy atom. The molecule has 6 nitrogen and oxygen atoms in total. The second kappa shape index (κ2) is 9.13. The maximum absolute atomic E-state index is 5.56. The first-order valence-electron chi connectivity index (χ1n) is 9.78. The Kier molecular flexibility index (Phi) is 6.86. The average Bonchev–Trinajstić information content (AvgIpc) is 3.29. The molecule has 1 aromatic rings. The first-order chi connectivity index (χ1) is 12.6. The minimum Gasteiger partial charge on any atom is -0.381 e. The fourth-order valence-electron chi connectivity index (χ4n) is 3.92. The third kappa shape index (κ3) is 4.94. The lowest BCUT2D eigenvalue weighted by atomic mass is 9.99. The van der Waals surface area contributed by atoms with Crippen molar-refractivity contribution in [2.75, 3.05) is 45.6 Å². The van der Waals surface area contributed by atoms with Crippen molar-refractivity contribution in [3.05, 3.63) is 18.0 Å². The fourth-order valence-corrected chi connectivity index (χ4v) is 4.69. The Morgan fingerprint density at radius 1 is 1.46 bits per heavy atom. The Balaban J connectivity index is 1.60. The summed E-state index contributed by atoms with van der Waals surface area (Å²) in [6.45, 7) is 7.84. The molecule has 2 fully saturated rings. The van der Waals surface area contributed by atoms with Crippen molar-refractivity contribution in [2.24, 2.45) is 18.0 Å². The van der Waals surface area contributed by atoms with Crippen molar-refractivity contribution in [3.8, 4) is 0 Å². The lowest BCUT2D eigenvalue weighted by Gasteiger charge is -2.34. The van der Waals surface area contributed by atoms with Crippen LogP contribution in [0.25, 0.3) is 0 Å². The molecule has 1 aromatic heterocycles. The highest BCUT2D eigenvalue weighted by Crippen LogP contribution is 2.34. The van der Waals surface area contributed by atoms with Crippen molar-refractivity contribution in [1.82, 2.24) is 20.0 Å². The van der Waals surface area contributed by atoms with Gasteiger partial charge in [0, 0.05) is 50.8 Å². The number of aliphatic imine (C=N–C) groups is 1. The van der Waals surface area contributed by atoms with Gasteiger partial charge >= 0.3 is 0 Å². The number of aryl methyl sites for hydroxylation is 1. The van der Waals surface area contributed by atoms with Crippen LogP contribution < -0.4 is 5.32 Å². The highest BCUT2D eigenvalue weighted by molar-refractivity contribution is 8.00. The summed E-state index contributed by atoms with van der Waals surface area (Å²) in [4.78, 5) is 7.49. The van der Waals surface area contributed by atoms with Gasteiger partial charge in [-0.3, -0.25) is 9.67 Å². The van der Waals surface area contributed by atoms with Crippen LogP contribution >= 0.6 is 11.8 Å². The first-order valence-corrected chi connectivity index (χ1v) is 11.0. The molecular formula is C19H33N5OS. The van der Waals surface area contributed by atoms with Crippen molar-refractivity contribution in [2.45, 2.75) is 37.4 Å². The van der Waals surface area contributed by atoms with Crippen molar-refractivity contribution in [3.63, 3.8) is 0 Å². The predicted octanol–water partition coefficient (Wildman–Crippen LogP) is 2.16. The Morgan fingerprint density at radius 3 is 2.92 bits per heavy atom. The van der Waals surface area contributed by atoms with Gasteiger partial charge < -0.3 is 15.0 Å². The van der Waals surface area contributed by atoms with Gasteiger partial charge in [-0.1, -0.05) is 0 Å². The van der Waals surface area contributed by atoms with Gasteiger partial charge in [0.2, 0.25) is 0 Å². The molecule has 0 aromatic carbocycles. The van der Waals surface area contributed by atoms with E-state index in [0.29, 0.717) is 5.92 Å². The van der Waals surface area contributed by atoms with Crippen LogP contribution in [0.5, 0.6) is 0 Å². The summed E-state index contributed by atoms with van der Waals surface area (Å²) in [5, 5.41) is 7.81. The fraction of sp³-hybridized carbons (Fsp3) is 0.789. The van der Waals surface area contributed by atoms with E-state index in [1.807, 2.05) is 29.7 Å². The number of aromatic nitrogens is 2. The molecule has 2 aliphatic heterocycles. The van der Waals surface area contributed by atoms with Crippen molar-refractivity contribution < 1.29 is 4.74 Å². The van der Waals surface area contributed by atoms with E-state index >= 15 is 0 Å². The van der Waals surface area contributed by atoms with E-state index in [0.717, 1.165) is 64.6 Å². The molecule has 0 bridgehead atoms. The number of hydrogen-bond acceptors (Lipinski definition) is 4. The van der Waals surface area contributed by atoms with E-state index < -0.39 is 0 Å². The summed E-state index contributed by atoms with van der Waals surface area (Å²) in [7, 11) is 1.98. The second-order valence-corrected chi connectivity index (χ2v) is 8.77.